The monoisotopic (exact) mass is 298 g/mol. The maximum Gasteiger partial charge on any atom is 0.321 e. The van der Waals surface area contributed by atoms with Crippen LogP contribution < -0.4 is 16.0 Å². The average Bonchev–Trinajstić information content (AvgIpc) is 2.80. The number of hydrogen-bond donors (Lipinski definition) is 3. The average molecular weight is 298 g/mol. The van der Waals surface area contributed by atoms with E-state index in [4.69, 9.17) is 4.74 Å². The van der Waals surface area contributed by atoms with Crippen LogP contribution in [0.5, 0.6) is 0 Å². The summed E-state index contributed by atoms with van der Waals surface area (Å²) in [4.78, 5) is 23.0. The normalized spacial score (nSPS) is 10.7. The van der Waals surface area contributed by atoms with Crippen molar-refractivity contribution in [1.29, 1.82) is 0 Å². The molecule has 3 N–H and O–H groups in total. The van der Waals surface area contributed by atoms with E-state index in [0.717, 1.165) is 0 Å². The van der Waals surface area contributed by atoms with Crippen molar-refractivity contribution in [1.82, 2.24) is 30.9 Å². The van der Waals surface area contributed by atoms with Gasteiger partial charge in [-0.3, -0.25) is 10.1 Å². The Morgan fingerprint density at radius 3 is 2.86 bits per heavy atom. The summed E-state index contributed by atoms with van der Waals surface area (Å²) in [6.07, 6.45) is 1.65. The lowest BCUT2D eigenvalue weighted by Crippen LogP contribution is -2.43. The number of methoxy groups -OCH3 is 1. The number of carbonyl (C=O) groups is 2. The van der Waals surface area contributed by atoms with Crippen molar-refractivity contribution in [3.05, 3.63) is 11.9 Å². The lowest BCUT2D eigenvalue weighted by atomic mass is 10.4. The largest absolute Gasteiger partial charge is 0.383 e. The second-order valence-corrected chi connectivity index (χ2v) is 4.75. The molecule has 21 heavy (non-hydrogen) atoms. The molecule has 0 aromatic carbocycles. The van der Waals surface area contributed by atoms with Gasteiger partial charge in [0.15, 0.2) is 0 Å². The van der Waals surface area contributed by atoms with E-state index in [-0.39, 0.29) is 12.6 Å². The van der Waals surface area contributed by atoms with E-state index in [1.165, 1.54) is 4.68 Å². The number of aromatic nitrogens is 3. The summed E-state index contributed by atoms with van der Waals surface area (Å²) in [7, 11) is 1.63. The van der Waals surface area contributed by atoms with Gasteiger partial charge in [0.25, 0.3) is 0 Å². The van der Waals surface area contributed by atoms with Crippen LogP contribution in [0.4, 0.5) is 4.79 Å². The molecule has 0 aliphatic carbocycles. The molecule has 0 aliphatic heterocycles. The van der Waals surface area contributed by atoms with Crippen LogP contribution in [0, 0.1) is 0 Å². The van der Waals surface area contributed by atoms with Crippen molar-refractivity contribution in [2.45, 2.75) is 33.0 Å². The second-order valence-electron chi connectivity index (χ2n) is 4.75. The molecule has 1 aromatic heterocycles. The zero-order chi connectivity index (χ0) is 15.7. The number of ether oxygens (including phenoxy) is 1. The van der Waals surface area contributed by atoms with Crippen LogP contribution in [0.15, 0.2) is 6.20 Å². The Kier molecular flexibility index (Phi) is 7.33. The van der Waals surface area contributed by atoms with Crippen LogP contribution in [0.25, 0.3) is 0 Å². The van der Waals surface area contributed by atoms with Crippen LogP contribution in [0.3, 0.4) is 0 Å². The highest BCUT2D eigenvalue weighted by Crippen LogP contribution is 1.92. The van der Waals surface area contributed by atoms with Crippen molar-refractivity contribution < 1.29 is 14.3 Å². The molecular formula is C12H22N6O3. The Hall–Kier alpha value is -2.00. The molecule has 9 nitrogen and oxygen atoms in total. The molecule has 9 heteroatoms. The standard InChI is InChI=1S/C12H22N6O3/c1-9(2)14-12(20)15-11(19)8-18-7-10(16-17-18)6-13-4-5-21-3/h7,9,13H,4-6,8H2,1-3H3,(H2,14,15,19,20). The molecule has 0 bridgehead atoms. The molecule has 0 unspecified atom stereocenters. The van der Waals surface area contributed by atoms with Crippen LogP contribution in [0.1, 0.15) is 19.5 Å². The molecule has 118 valence electrons. The van der Waals surface area contributed by atoms with Crippen molar-refractivity contribution in [3.8, 4) is 0 Å². The molecule has 1 rings (SSSR count). The Morgan fingerprint density at radius 1 is 1.43 bits per heavy atom. The summed E-state index contributed by atoms with van der Waals surface area (Å²) in [6.45, 7) is 5.42. The van der Waals surface area contributed by atoms with Gasteiger partial charge in [0.1, 0.15) is 6.54 Å². The molecule has 0 radical (unpaired) electrons. The molecule has 0 spiro atoms. The highest BCUT2D eigenvalue weighted by molar-refractivity contribution is 5.94. The number of amides is 3. The number of imide groups is 1. The summed E-state index contributed by atoms with van der Waals surface area (Å²) >= 11 is 0. The predicted octanol–water partition coefficient (Wildman–Crippen LogP) is -0.752. The summed E-state index contributed by atoms with van der Waals surface area (Å²) in [6, 6.07) is -0.550. The van der Waals surface area contributed by atoms with Crippen LogP contribution in [0.2, 0.25) is 0 Å². The van der Waals surface area contributed by atoms with Crippen molar-refractivity contribution in [2.75, 3.05) is 20.3 Å². The van der Waals surface area contributed by atoms with E-state index in [1.807, 2.05) is 13.8 Å². The fourth-order valence-corrected chi connectivity index (χ4v) is 1.50. The van der Waals surface area contributed by atoms with E-state index in [1.54, 1.807) is 13.3 Å². The minimum absolute atomic E-state index is 0.0334. The molecule has 1 heterocycles. The highest BCUT2D eigenvalue weighted by atomic mass is 16.5. The SMILES string of the molecule is COCCNCc1cn(CC(=O)NC(=O)NC(C)C)nn1. The zero-order valence-electron chi connectivity index (χ0n) is 12.5. The fraction of sp³-hybridized carbons (Fsp3) is 0.667. The summed E-state index contributed by atoms with van der Waals surface area (Å²) in [5.74, 6) is -0.447. The highest BCUT2D eigenvalue weighted by Gasteiger charge is 2.10. The summed E-state index contributed by atoms with van der Waals surface area (Å²) < 4.78 is 6.29. The molecule has 0 aliphatic rings. The van der Waals surface area contributed by atoms with E-state index in [2.05, 4.69) is 26.3 Å². The first-order valence-electron chi connectivity index (χ1n) is 6.70. The minimum Gasteiger partial charge on any atom is -0.383 e. The quantitative estimate of drug-likeness (QED) is 0.545. The van der Waals surface area contributed by atoms with E-state index in [9.17, 15) is 9.59 Å². The first-order valence-corrected chi connectivity index (χ1v) is 6.70. The third-order valence-electron chi connectivity index (χ3n) is 2.35. The number of carbonyl (C=O) groups excluding carboxylic acids is 2. The molecule has 0 saturated carbocycles. The molecule has 0 fully saturated rings. The van der Waals surface area contributed by atoms with Crippen molar-refractivity contribution >= 4 is 11.9 Å². The Morgan fingerprint density at radius 2 is 2.19 bits per heavy atom. The molecule has 3 amide bonds. The molecule has 0 atom stereocenters. The van der Waals surface area contributed by atoms with Gasteiger partial charge in [-0.1, -0.05) is 5.21 Å². The topological polar surface area (TPSA) is 110 Å². The van der Waals surface area contributed by atoms with Gasteiger partial charge in [0.2, 0.25) is 5.91 Å². The Labute approximate surface area is 123 Å². The lowest BCUT2D eigenvalue weighted by molar-refractivity contribution is -0.120. The summed E-state index contributed by atoms with van der Waals surface area (Å²) in [5.41, 5.74) is 0.713. The summed E-state index contributed by atoms with van der Waals surface area (Å²) in [5, 5.41) is 15.7. The number of urea groups is 1. The molecule has 1 aromatic rings. The predicted molar refractivity (Wildman–Crippen MR) is 75.4 cm³/mol. The molecule has 0 saturated heterocycles. The van der Waals surface area contributed by atoms with Gasteiger partial charge in [0.05, 0.1) is 18.5 Å². The number of rotatable bonds is 8. The van der Waals surface area contributed by atoms with Gasteiger partial charge in [0, 0.05) is 26.2 Å². The van der Waals surface area contributed by atoms with Gasteiger partial charge < -0.3 is 15.4 Å². The van der Waals surface area contributed by atoms with Gasteiger partial charge >= 0.3 is 6.03 Å². The van der Waals surface area contributed by atoms with E-state index in [0.29, 0.717) is 25.4 Å². The fourth-order valence-electron chi connectivity index (χ4n) is 1.50. The first-order chi connectivity index (χ1) is 10.0. The third kappa shape index (κ3) is 7.37. The maximum atomic E-state index is 11.6. The van der Waals surface area contributed by atoms with Crippen LogP contribution >= 0.6 is 0 Å². The van der Waals surface area contributed by atoms with Crippen LogP contribution in [-0.2, 0) is 22.6 Å². The minimum atomic E-state index is -0.517. The smallest absolute Gasteiger partial charge is 0.321 e. The zero-order valence-corrected chi connectivity index (χ0v) is 12.5. The number of nitrogens with zero attached hydrogens (tertiary/aromatic N) is 3. The van der Waals surface area contributed by atoms with E-state index < -0.39 is 11.9 Å². The van der Waals surface area contributed by atoms with Gasteiger partial charge in [-0.15, -0.1) is 5.10 Å². The van der Waals surface area contributed by atoms with Crippen molar-refractivity contribution in [2.24, 2.45) is 0 Å². The van der Waals surface area contributed by atoms with Gasteiger partial charge in [-0.2, -0.15) is 0 Å². The van der Waals surface area contributed by atoms with Gasteiger partial charge in [-0.05, 0) is 13.8 Å². The number of nitrogens with one attached hydrogen (secondary N) is 3. The van der Waals surface area contributed by atoms with Crippen molar-refractivity contribution in [3.63, 3.8) is 0 Å². The number of hydrogen-bond acceptors (Lipinski definition) is 6. The van der Waals surface area contributed by atoms with E-state index >= 15 is 0 Å². The lowest BCUT2D eigenvalue weighted by Gasteiger charge is -2.08. The second kappa shape index (κ2) is 9.03. The van der Waals surface area contributed by atoms with Crippen LogP contribution in [-0.4, -0.2) is 53.2 Å². The molecular weight excluding hydrogens is 276 g/mol. The maximum absolute atomic E-state index is 11.6. The first kappa shape index (κ1) is 17.1. The Balaban J connectivity index is 2.33. The third-order valence-corrected chi connectivity index (χ3v) is 2.35. The Bertz CT molecular complexity index is 460. The van der Waals surface area contributed by atoms with Gasteiger partial charge in [-0.25, -0.2) is 9.48 Å².